The van der Waals surface area contributed by atoms with Gasteiger partial charge >= 0.3 is 0 Å². The van der Waals surface area contributed by atoms with E-state index in [1.54, 1.807) is 17.9 Å². The number of nitrogens with two attached hydrogens (primary N) is 1. The zero-order valence-corrected chi connectivity index (χ0v) is 9.96. The summed E-state index contributed by atoms with van der Waals surface area (Å²) in [6.45, 7) is 0.964. The molecular formula is C10H13N5OS. The van der Waals surface area contributed by atoms with Crippen molar-refractivity contribution in [3.8, 4) is 0 Å². The van der Waals surface area contributed by atoms with Gasteiger partial charge < -0.3 is 16.0 Å². The second kappa shape index (κ2) is 5.55. The third-order valence-corrected chi connectivity index (χ3v) is 3.05. The van der Waals surface area contributed by atoms with Crippen LogP contribution in [0.3, 0.4) is 0 Å². The molecule has 0 atom stereocenters. The molecule has 7 heteroatoms. The van der Waals surface area contributed by atoms with Crippen LogP contribution >= 0.6 is 11.3 Å². The minimum Gasteiger partial charge on any atom is -0.347 e. The molecule has 6 nitrogen and oxygen atoms in total. The molecule has 0 aromatic carbocycles. The molecule has 0 fully saturated rings. The third kappa shape index (κ3) is 3.11. The zero-order valence-electron chi connectivity index (χ0n) is 9.14. The van der Waals surface area contributed by atoms with Crippen LogP contribution in [0.1, 0.15) is 21.2 Å². The van der Waals surface area contributed by atoms with Crippen LogP contribution in [0.5, 0.6) is 0 Å². The normalized spacial score (nSPS) is 10.4. The summed E-state index contributed by atoms with van der Waals surface area (Å²) in [6.07, 6.45) is 3.95. The van der Waals surface area contributed by atoms with Crippen molar-refractivity contribution in [1.82, 2.24) is 20.3 Å². The molecule has 0 unspecified atom stereocenters. The van der Waals surface area contributed by atoms with Crippen LogP contribution < -0.4 is 11.1 Å². The Hall–Kier alpha value is -1.73. The van der Waals surface area contributed by atoms with Crippen molar-refractivity contribution in [3.05, 3.63) is 34.3 Å². The standard InChI is InChI=1S/C10H13N5OS/c11-2-1-9-15-8(5-17-9)10(16)13-4-7-3-12-6-14-7/h3,5-6H,1-2,4,11H2,(H,12,14)(H,13,16). The van der Waals surface area contributed by atoms with Crippen molar-refractivity contribution < 1.29 is 4.79 Å². The number of carbonyl (C=O) groups is 1. The molecule has 2 aromatic heterocycles. The van der Waals surface area contributed by atoms with Gasteiger partial charge in [-0.3, -0.25) is 4.79 Å². The van der Waals surface area contributed by atoms with Crippen molar-refractivity contribution in [1.29, 1.82) is 0 Å². The van der Waals surface area contributed by atoms with Gasteiger partial charge in [0.15, 0.2) is 0 Å². The number of hydrogen-bond donors (Lipinski definition) is 3. The van der Waals surface area contributed by atoms with E-state index < -0.39 is 0 Å². The van der Waals surface area contributed by atoms with Crippen LogP contribution in [0.25, 0.3) is 0 Å². The second-order valence-electron chi connectivity index (χ2n) is 3.42. The highest BCUT2D eigenvalue weighted by Crippen LogP contribution is 2.09. The average molecular weight is 251 g/mol. The number of aromatic amines is 1. The van der Waals surface area contributed by atoms with Crippen LogP contribution in [-0.2, 0) is 13.0 Å². The van der Waals surface area contributed by atoms with Crippen molar-refractivity contribution >= 4 is 17.2 Å². The number of carbonyl (C=O) groups excluding carboxylic acids is 1. The molecule has 1 amide bonds. The summed E-state index contributed by atoms with van der Waals surface area (Å²) in [6, 6.07) is 0. The predicted octanol–water partition coefficient (Wildman–Crippen LogP) is 0.297. The molecule has 0 radical (unpaired) electrons. The van der Waals surface area contributed by atoms with Gasteiger partial charge in [-0.15, -0.1) is 11.3 Å². The Morgan fingerprint density at radius 1 is 1.59 bits per heavy atom. The molecule has 0 saturated carbocycles. The van der Waals surface area contributed by atoms with Crippen molar-refractivity contribution in [3.63, 3.8) is 0 Å². The zero-order chi connectivity index (χ0) is 12.1. The van der Waals surface area contributed by atoms with Crippen LogP contribution in [-0.4, -0.2) is 27.4 Å². The topological polar surface area (TPSA) is 96.7 Å². The fourth-order valence-corrected chi connectivity index (χ4v) is 2.10. The number of nitrogens with one attached hydrogen (secondary N) is 2. The molecule has 0 aliphatic heterocycles. The Labute approximate surface area is 102 Å². The SMILES string of the molecule is NCCc1nc(C(=O)NCc2cnc[nH]2)cs1. The molecule has 0 aliphatic rings. The largest absolute Gasteiger partial charge is 0.347 e. The van der Waals surface area contributed by atoms with E-state index in [9.17, 15) is 4.79 Å². The Balaban J connectivity index is 1.90. The highest BCUT2D eigenvalue weighted by molar-refractivity contribution is 7.09. The second-order valence-corrected chi connectivity index (χ2v) is 4.37. The first kappa shape index (κ1) is 11.7. The van der Waals surface area contributed by atoms with E-state index in [1.807, 2.05) is 0 Å². The van der Waals surface area contributed by atoms with Crippen LogP contribution in [0, 0.1) is 0 Å². The maximum atomic E-state index is 11.7. The fourth-order valence-electron chi connectivity index (χ4n) is 1.30. The molecule has 2 rings (SSSR count). The summed E-state index contributed by atoms with van der Waals surface area (Å²) in [5.41, 5.74) is 6.72. The van der Waals surface area contributed by atoms with Crippen LogP contribution in [0.15, 0.2) is 17.9 Å². The number of H-pyrrole nitrogens is 1. The monoisotopic (exact) mass is 251 g/mol. The lowest BCUT2D eigenvalue weighted by Crippen LogP contribution is -2.23. The van der Waals surface area contributed by atoms with E-state index >= 15 is 0 Å². The Kier molecular flexibility index (Phi) is 3.84. The first-order valence-corrected chi connectivity index (χ1v) is 6.07. The van der Waals surface area contributed by atoms with Crippen molar-refractivity contribution in [2.45, 2.75) is 13.0 Å². The Morgan fingerprint density at radius 3 is 3.18 bits per heavy atom. The van der Waals surface area contributed by atoms with Crippen LogP contribution in [0.2, 0.25) is 0 Å². The average Bonchev–Trinajstić information content (AvgIpc) is 2.97. The molecule has 2 heterocycles. The number of aromatic nitrogens is 3. The summed E-state index contributed by atoms with van der Waals surface area (Å²) in [5, 5.41) is 5.39. The quantitative estimate of drug-likeness (QED) is 0.712. The minimum absolute atomic E-state index is 0.181. The molecule has 2 aromatic rings. The van der Waals surface area contributed by atoms with Crippen LogP contribution in [0.4, 0.5) is 0 Å². The smallest absolute Gasteiger partial charge is 0.271 e. The van der Waals surface area contributed by atoms with Crippen molar-refractivity contribution in [2.24, 2.45) is 5.73 Å². The summed E-state index contributed by atoms with van der Waals surface area (Å²) < 4.78 is 0. The number of hydrogen-bond acceptors (Lipinski definition) is 5. The maximum absolute atomic E-state index is 11.7. The van der Waals surface area contributed by atoms with E-state index in [-0.39, 0.29) is 5.91 Å². The first-order valence-electron chi connectivity index (χ1n) is 5.19. The van der Waals surface area contributed by atoms with Crippen molar-refractivity contribution in [2.75, 3.05) is 6.54 Å². The van der Waals surface area contributed by atoms with Gasteiger partial charge in [-0.05, 0) is 6.54 Å². The van der Waals surface area contributed by atoms with E-state index in [2.05, 4.69) is 20.3 Å². The molecule has 0 aliphatic carbocycles. The molecule has 90 valence electrons. The number of amides is 1. The maximum Gasteiger partial charge on any atom is 0.271 e. The lowest BCUT2D eigenvalue weighted by atomic mass is 10.4. The lowest BCUT2D eigenvalue weighted by Gasteiger charge is -2.00. The van der Waals surface area contributed by atoms with Gasteiger partial charge in [-0.25, -0.2) is 9.97 Å². The Bertz CT molecular complexity index is 479. The van der Waals surface area contributed by atoms with E-state index in [4.69, 9.17) is 5.73 Å². The van der Waals surface area contributed by atoms with E-state index in [0.29, 0.717) is 25.2 Å². The summed E-state index contributed by atoms with van der Waals surface area (Å²) in [5.74, 6) is -0.181. The number of rotatable bonds is 5. The molecule has 0 spiro atoms. The summed E-state index contributed by atoms with van der Waals surface area (Å²) in [7, 11) is 0. The molecule has 17 heavy (non-hydrogen) atoms. The third-order valence-electron chi connectivity index (χ3n) is 2.14. The molecule has 0 saturated heterocycles. The van der Waals surface area contributed by atoms with E-state index in [1.165, 1.54) is 11.3 Å². The van der Waals surface area contributed by atoms with Gasteiger partial charge in [0.1, 0.15) is 5.69 Å². The van der Waals surface area contributed by atoms with Gasteiger partial charge in [0.05, 0.1) is 23.6 Å². The highest BCUT2D eigenvalue weighted by atomic mass is 32.1. The Morgan fingerprint density at radius 2 is 2.47 bits per heavy atom. The summed E-state index contributed by atoms with van der Waals surface area (Å²) in [4.78, 5) is 22.7. The minimum atomic E-state index is -0.181. The number of nitrogens with zero attached hydrogens (tertiary/aromatic N) is 2. The van der Waals surface area contributed by atoms with E-state index in [0.717, 1.165) is 10.7 Å². The lowest BCUT2D eigenvalue weighted by molar-refractivity contribution is 0.0946. The van der Waals surface area contributed by atoms with Gasteiger partial charge in [0.25, 0.3) is 5.91 Å². The number of imidazole rings is 1. The summed E-state index contributed by atoms with van der Waals surface area (Å²) >= 11 is 1.45. The molecular weight excluding hydrogens is 238 g/mol. The fraction of sp³-hybridized carbons (Fsp3) is 0.300. The van der Waals surface area contributed by atoms with Gasteiger partial charge in [-0.2, -0.15) is 0 Å². The van der Waals surface area contributed by atoms with Gasteiger partial charge in [-0.1, -0.05) is 0 Å². The highest BCUT2D eigenvalue weighted by Gasteiger charge is 2.10. The molecule has 4 N–H and O–H groups in total. The van der Waals surface area contributed by atoms with Gasteiger partial charge in [0.2, 0.25) is 0 Å². The van der Waals surface area contributed by atoms with Gasteiger partial charge in [0, 0.05) is 18.0 Å². The number of thiazole rings is 1. The molecule has 0 bridgehead atoms. The predicted molar refractivity (Wildman–Crippen MR) is 64.6 cm³/mol. The first-order chi connectivity index (χ1) is 8.29.